The van der Waals surface area contributed by atoms with E-state index in [0.29, 0.717) is 61.1 Å². The van der Waals surface area contributed by atoms with Crippen molar-refractivity contribution in [1.29, 1.82) is 0 Å². The summed E-state index contributed by atoms with van der Waals surface area (Å²) in [6, 6.07) is 11.6. The van der Waals surface area contributed by atoms with Gasteiger partial charge in [0.1, 0.15) is 0 Å². The summed E-state index contributed by atoms with van der Waals surface area (Å²) in [5.74, 6) is 3.96. The first-order valence-corrected chi connectivity index (χ1v) is 13.5. The molecule has 1 heterocycles. The molecule has 206 valence electrons. The molecular weight excluding hydrogens is 478 g/mol. The molecule has 0 spiro atoms. The lowest BCUT2D eigenvalue weighted by molar-refractivity contribution is -0.113. The van der Waals surface area contributed by atoms with Crippen LogP contribution in [0.2, 0.25) is 0 Å². The zero-order valence-electron chi connectivity index (χ0n) is 24.0. The van der Waals surface area contributed by atoms with Crippen LogP contribution in [0.4, 0.5) is 0 Å². The lowest BCUT2D eigenvalue weighted by Gasteiger charge is -2.26. The first kappa shape index (κ1) is 29.3. The van der Waals surface area contributed by atoms with Crippen molar-refractivity contribution in [3.8, 4) is 23.0 Å². The quantitative estimate of drug-likeness (QED) is 0.296. The number of hydrogen-bond acceptors (Lipinski definition) is 6. The molecule has 1 fully saturated rings. The Morgan fingerprint density at radius 1 is 0.737 bits per heavy atom. The van der Waals surface area contributed by atoms with Crippen LogP contribution >= 0.6 is 0 Å². The lowest BCUT2D eigenvalue weighted by Crippen LogP contribution is -2.34. The fourth-order valence-corrected chi connectivity index (χ4v) is 4.21. The van der Waals surface area contributed by atoms with Gasteiger partial charge in [0, 0.05) is 24.2 Å². The minimum atomic E-state index is 0.0514. The molecule has 0 radical (unpaired) electrons. The number of likely N-dealkylation sites (N-methyl/N-ethyl adjacent to an activating group) is 1. The molecule has 2 aromatic carbocycles. The Balaban J connectivity index is 1.80. The van der Waals surface area contributed by atoms with Crippen molar-refractivity contribution in [2.24, 2.45) is 11.8 Å². The smallest absolute Gasteiger partial charge is 0.187 e. The highest BCUT2D eigenvalue weighted by Crippen LogP contribution is 2.32. The van der Waals surface area contributed by atoms with Gasteiger partial charge in [0.2, 0.25) is 0 Å². The second kappa shape index (κ2) is 14.1. The van der Waals surface area contributed by atoms with E-state index in [2.05, 4.69) is 32.6 Å². The average molecular weight is 522 g/mol. The monoisotopic (exact) mass is 521 g/mol. The van der Waals surface area contributed by atoms with Crippen molar-refractivity contribution in [1.82, 2.24) is 4.90 Å². The van der Waals surface area contributed by atoms with Gasteiger partial charge in [0.05, 0.1) is 27.4 Å². The fraction of sp³-hybridized carbons (Fsp3) is 0.469. The van der Waals surface area contributed by atoms with E-state index in [0.717, 1.165) is 35.1 Å². The summed E-state index contributed by atoms with van der Waals surface area (Å²) in [6.45, 7) is 11.1. The molecule has 0 unspecified atom stereocenters. The predicted octanol–water partition coefficient (Wildman–Crippen LogP) is 6.54. The van der Waals surface area contributed by atoms with Crippen molar-refractivity contribution >= 4 is 17.9 Å². The molecule has 0 atom stereocenters. The number of piperidine rings is 1. The maximum Gasteiger partial charge on any atom is 0.187 e. The molecule has 1 aliphatic rings. The van der Waals surface area contributed by atoms with Gasteiger partial charge in [-0.25, -0.2) is 0 Å². The van der Waals surface area contributed by atoms with Gasteiger partial charge in [-0.05, 0) is 79.3 Å². The lowest BCUT2D eigenvalue weighted by atomic mass is 9.94. The molecule has 3 rings (SSSR count). The standard InChI is InChI=1S/C32H43NO5/c1-22(2)12-14-37-28-10-8-24(18-30(28)35-6)16-26-20-33(5)21-27(32(26)34)17-25-9-11-29(31(19-25)36-7)38-15-13-23(3)4/h8-11,16-19,22-23H,12-15,20-21H2,1-7H3. The molecule has 6 nitrogen and oxygen atoms in total. The van der Waals surface area contributed by atoms with Gasteiger partial charge in [-0.15, -0.1) is 0 Å². The van der Waals surface area contributed by atoms with Crippen LogP contribution in [0, 0.1) is 11.8 Å². The van der Waals surface area contributed by atoms with Crippen LogP contribution in [0.25, 0.3) is 12.2 Å². The van der Waals surface area contributed by atoms with Crippen LogP contribution in [0.5, 0.6) is 23.0 Å². The summed E-state index contributed by atoms with van der Waals surface area (Å²) in [5, 5.41) is 0. The van der Waals surface area contributed by atoms with Crippen LogP contribution in [0.15, 0.2) is 47.5 Å². The van der Waals surface area contributed by atoms with Gasteiger partial charge in [0.15, 0.2) is 28.8 Å². The second-order valence-corrected chi connectivity index (χ2v) is 10.7. The Morgan fingerprint density at radius 2 is 1.16 bits per heavy atom. The van der Waals surface area contributed by atoms with E-state index in [1.54, 1.807) is 14.2 Å². The number of likely N-dealkylation sites (tertiary alicyclic amines) is 1. The second-order valence-electron chi connectivity index (χ2n) is 10.7. The van der Waals surface area contributed by atoms with E-state index in [9.17, 15) is 4.79 Å². The van der Waals surface area contributed by atoms with E-state index in [-0.39, 0.29) is 5.78 Å². The number of Topliss-reactive ketones (excluding diaryl/α,β-unsaturated/α-hetero) is 1. The van der Waals surface area contributed by atoms with Gasteiger partial charge < -0.3 is 18.9 Å². The Hall–Kier alpha value is -3.25. The molecular formula is C32H43NO5. The maximum atomic E-state index is 13.5. The summed E-state index contributed by atoms with van der Waals surface area (Å²) in [5.41, 5.74) is 3.28. The van der Waals surface area contributed by atoms with Crippen LogP contribution in [0.1, 0.15) is 51.7 Å². The molecule has 6 heteroatoms. The molecule has 0 N–H and O–H groups in total. The fourth-order valence-electron chi connectivity index (χ4n) is 4.21. The molecule has 0 bridgehead atoms. The number of ether oxygens (including phenoxy) is 4. The van der Waals surface area contributed by atoms with E-state index >= 15 is 0 Å². The third-order valence-electron chi connectivity index (χ3n) is 6.43. The summed E-state index contributed by atoms with van der Waals surface area (Å²) in [6.07, 6.45) is 5.84. The number of rotatable bonds is 12. The normalized spacial score (nSPS) is 16.5. The number of hydrogen-bond donors (Lipinski definition) is 0. The highest BCUT2D eigenvalue weighted by molar-refractivity contribution is 6.14. The topological polar surface area (TPSA) is 57.2 Å². The van der Waals surface area contributed by atoms with Gasteiger partial charge in [-0.1, -0.05) is 39.8 Å². The van der Waals surface area contributed by atoms with Crippen LogP contribution in [-0.2, 0) is 4.79 Å². The molecule has 0 amide bonds. The van der Waals surface area contributed by atoms with Crippen molar-refractivity contribution in [3.63, 3.8) is 0 Å². The third-order valence-corrected chi connectivity index (χ3v) is 6.43. The van der Waals surface area contributed by atoms with Gasteiger partial charge >= 0.3 is 0 Å². The molecule has 1 aliphatic heterocycles. The van der Waals surface area contributed by atoms with Gasteiger partial charge in [-0.2, -0.15) is 0 Å². The summed E-state index contributed by atoms with van der Waals surface area (Å²) < 4.78 is 23.0. The van der Waals surface area contributed by atoms with Crippen molar-refractivity contribution in [2.75, 3.05) is 47.6 Å². The molecule has 2 aromatic rings. The third kappa shape index (κ3) is 8.38. The minimum Gasteiger partial charge on any atom is -0.493 e. The van der Waals surface area contributed by atoms with Crippen LogP contribution in [0.3, 0.4) is 0 Å². The Bertz CT molecular complexity index is 1060. The number of nitrogens with zero attached hydrogens (tertiary/aromatic N) is 1. The van der Waals surface area contributed by atoms with E-state index in [1.807, 2.05) is 55.6 Å². The van der Waals surface area contributed by atoms with Crippen LogP contribution in [-0.4, -0.2) is 58.3 Å². The SMILES string of the molecule is COc1cc(C=C2CN(C)CC(=Cc3ccc(OCCC(C)C)c(OC)c3)C2=O)ccc1OCCC(C)C. The van der Waals surface area contributed by atoms with Gasteiger partial charge in [-0.3, -0.25) is 9.69 Å². The van der Waals surface area contributed by atoms with E-state index < -0.39 is 0 Å². The number of benzene rings is 2. The zero-order valence-corrected chi connectivity index (χ0v) is 24.0. The Kier molecular flexibility index (Phi) is 10.8. The van der Waals surface area contributed by atoms with Crippen LogP contribution < -0.4 is 18.9 Å². The minimum absolute atomic E-state index is 0.0514. The Labute approximate surface area is 228 Å². The van der Waals surface area contributed by atoms with Gasteiger partial charge in [0.25, 0.3) is 0 Å². The first-order chi connectivity index (χ1) is 18.2. The number of ketones is 1. The van der Waals surface area contributed by atoms with Crippen molar-refractivity contribution in [3.05, 3.63) is 58.7 Å². The number of carbonyl (C=O) groups is 1. The first-order valence-electron chi connectivity index (χ1n) is 13.5. The van der Waals surface area contributed by atoms with Crippen molar-refractivity contribution in [2.45, 2.75) is 40.5 Å². The molecule has 0 aromatic heterocycles. The van der Waals surface area contributed by atoms with E-state index in [1.165, 1.54) is 0 Å². The summed E-state index contributed by atoms with van der Waals surface area (Å²) >= 11 is 0. The maximum absolute atomic E-state index is 13.5. The van der Waals surface area contributed by atoms with Crippen molar-refractivity contribution < 1.29 is 23.7 Å². The Morgan fingerprint density at radius 3 is 1.53 bits per heavy atom. The highest BCUT2D eigenvalue weighted by Gasteiger charge is 2.24. The largest absolute Gasteiger partial charge is 0.493 e. The highest BCUT2D eigenvalue weighted by atomic mass is 16.5. The molecule has 0 aliphatic carbocycles. The zero-order chi connectivity index (χ0) is 27.7. The average Bonchev–Trinajstić information content (AvgIpc) is 2.87. The van der Waals surface area contributed by atoms with E-state index in [4.69, 9.17) is 18.9 Å². The summed E-state index contributed by atoms with van der Waals surface area (Å²) in [7, 11) is 5.29. The molecule has 38 heavy (non-hydrogen) atoms. The number of methoxy groups -OCH3 is 2. The predicted molar refractivity (Wildman–Crippen MR) is 154 cm³/mol. The number of carbonyl (C=O) groups excluding carboxylic acids is 1. The molecule has 1 saturated heterocycles. The molecule has 0 saturated carbocycles. The summed E-state index contributed by atoms with van der Waals surface area (Å²) in [4.78, 5) is 15.6.